The Labute approximate surface area is 161 Å². The molecule has 4 rings (SSSR count). The molecule has 1 aromatic carbocycles. The topological polar surface area (TPSA) is 67.2 Å². The van der Waals surface area contributed by atoms with Crippen molar-refractivity contribution in [2.24, 2.45) is 13.0 Å². The Balaban J connectivity index is 1.51. The predicted octanol–water partition coefficient (Wildman–Crippen LogP) is 1.76. The van der Waals surface area contributed by atoms with Crippen LogP contribution in [0.4, 0.5) is 8.78 Å². The molecule has 28 heavy (non-hydrogen) atoms. The second kappa shape index (κ2) is 7.33. The lowest BCUT2D eigenvalue weighted by atomic mass is 10.0. The van der Waals surface area contributed by atoms with E-state index in [4.69, 9.17) is 0 Å². The summed E-state index contributed by atoms with van der Waals surface area (Å²) in [6.45, 7) is 0.696. The molecular weight excluding hydrogens is 366 g/mol. The molecule has 8 heteroatoms. The summed E-state index contributed by atoms with van der Waals surface area (Å²) in [6, 6.07) is 2.85. The normalized spacial score (nSPS) is 21.8. The maximum atomic E-state index is 13.9. The molecular formula is C20H22F2N4O2. The van der Waals surface area contributed by atoms with Crippen LogP contribution in [0.15, 0.2) is 30.6 Å². The fourth-order valence-electron chi connectivity index (χ4n) is 3.75. The van der Waals surface area contributed by atoms with Crippen molar-refractivity contribution in [2.75, 3.05) is 13.1 Å². The van der Waals surface area contributed by atoms with E-state index in [-0.39, 0.29) is 41.7 Å². The summed E-state index contributed by atoms with van der Waals surface area (Å²) < 4.78 is 29.2. The zero-order valence-electron chi connectivity index (χ0n) is 15.6. The first kappa shape index (κ1) is 18.6. The van der Waals surface area contributed by atoms with Crippen LogP contribution in [0.3, 0.4) is 0 Å². The third kappa shape index (κ3) is 3.76. The van der Waals surface area contributed by atoms with Crippen molar-refractivity contribution >= 4 is 11.8 Å². The van der Waals surface area contributed by atoms with E-state index in [0.717, 1.165) is 36.9 Å². The molecule has 2 atom stereocenters. The van der Waals surface area contributed by atoms with E-state index >= 15 is 0 Å². The number of amides is 2. The van der Waals surface area contributed by atoms with Crippen LogP contribution in [0.1, 0.15) is 30.1 Å². The van der Waals surface area contributed by atoms with Crippen molar-refractivity contribution in [1.82, 2.24) is 19.8 Å². The molecule has 0 radical (unpaired) electrons. The van der Waals surface area contributed by atoms with Gasteiger partial charge in [0.2, 0.25) is 11.8 Å². The molecule has 1 saturated carbocycles. The summed E-state index contributed by atoms with van der Waals surface area (Å²) in [7, 11) is 1.87. The predicted molar refractivity (Wildman–Crippen MR) is 97.2 cm³/mol. The van der Waals surface area contributed by atoms with Crippen molar-refractivity contribution in [3.8, 4) is 0 Å². The van der Waals surface area contributed by atoms with E-state index in [1.165, 1.54) is 0 Å². The Morgan fingerprint density at radius 3 is 2.71 bits per heavy atom. The van der Waals surface area contributed by atoms with Gasteiger partial charge in [0.15, 0.2) is 0 Å². The number of halogens is 2. The third-order valence-corrected chi connectivity index (χ3v) is 5.49. The number of benzene rings is 1. The van der Waals surface area contributed by atoms with Crippen LogP contribution in [0.2, 0.25) is 0 Å². The highest BCUT2D eigenvalue weighted by atomic mass is 19.1. The quantitative estimate of drug-likeness (QED) is 0.849. The van der Waals surface area contributed by atoms with E-state index in [0.29, 0.717) is 13.1 Å². The van der Waals surface area contributed by atoms with Crippen LogP contribution < -0.4 is 5.32 Å². The molecule has 0 unspecified atom stereocenters. The molecule has 1 aromatic heterocycles. The number of imidazole rings is 1. The van der Waals surface area contributed by atoms with Crippen molar-refractivity contribution in [3.05, 3.63) is 53.6 Å². The van der Waals surface area contributed by atoms with Crippen LogP contribution >= 0.6 is 0 Å². The van der Waals surface area contributed by atoms with E-state index in [1.807, 2.05) is 17.8 Å². The van der Waals surface area contributed by atoms with Gasteiger partial charge in [0.05, 0.1) is 18.4 Å². The summed E-state index contributed by atoms with van der Waals surface area (Å²) in [6.07, 6.45) is 5.07. The first-order valence-corrected chi connectivity index (χ1v) is 9.41. The third-order valence-electron chi connectivity index (χ3n) is 5.49. The summed E-state index contributed by atoms with van der Waals surface area (Å²) in [4.78, 5) is 31.0. The fourth-order valence-corrected chi connectivity index (χ4v) is 3.75. The highest BCUT2D eigenvalue weighted by molar-refractivity contribution is 5.82. The fraction of sp³-hybridized carbons (Fsp3) is 0.450. The lowest BCUT2D eigenvalue weighted by Gasteiger charge is -2.19. The van der Waals surface area contributed by atoms with Gasteiger partial charge in [-0.25, -0.2) is 13.8 Å². The van der Waals surface area contributed by atoms with Crippen molar-refractivity contribution in [3.63, 3.8) is 0 Å². The van der Waals surface area contributed by atoms with Crippen LogP contribution in [-0.2, 0) is 23.1 Å². The minimum Gasteiger partial charge on any atom is -0.351 e. The van der Waals surface area contributed by atoms with Gasteiger partial charge in [-0.05, 0) is 31.0 Å². The molecule has 6 nitrogen and oxygen atoms in total. The van der Waals surface area contributed by atoms with E-state index in [1.54, 1.807) is 11.1 Å². The molecule has 2 fully saturated rings. The number of aryl methyl sites for hydroxylation is 1. The monoisotopic (exact) mass is 388 g/mol. The standard InChI is InChI=1S/C20H22F2N4O2/c1-25-7-6-23-19(25)15-10-26(11-17(15)24-20(28)12-2-3-12)18(27)9-13-8-14(21)4-5-16(13)22/h4-8,12,15,17H,2-3,9-11H2,1H3,(H,24,28)/t15-,17-/m1/s1. The molecule has 1 saturated heterocycles. The Bertz CT molecular complexity index is 909. The van der Waals surface area contributed by atoms with Gasteiger partial charge >= 0.3 is 0 Å². The number of carbonyl (C=O) groups is 2. The van der Waals surface area contributed by atoms with Crippen LogP contribution in [0, 0.1) is 17.6 Å². The molecule has 2 aromatic rings. The SMILES string of the molecule is Cn1ccnc1[C@@H]1CN(C(=O)Cc2cc(F)ccc2F)C[C@H]1NC(=O)C1CC1. The number of nitrogens with one attached hydrogen (secondary N) is 1. The molecule has 148 valence electrons. The summed E-state index contributed by atoms with van der Waals surface area (Å²) >= 11 is 0. The molecule has 0 bridgehead atoms. The minimum atomic E-state index is -0.604. The number of nitrogens with zero attached hydrogens (tertiary/aromatic N) is 3. The number of hydrogen-bond acceptors (Lipinski definition) is 3. The van der Waals surface area contributed by atoms with E-state index < -0.39 is 11.6 Å². The highest BCUT2D eigenvalue weighted by Gasteiger charge is 2.41. The summed E-state index contributed by atoms with van der Waals surface area (Å²) in [5, 5.41) is 3.06. The van der Waals surface area contributed by atoms with Crippen LogP contribution in [-0.4, -0.2) is 45.4 Å². The van der Waals surface area contributed by atoms with E-state index in [9.17, 15) is 18.4 Å². The van der Waals surface area contributed by atoms with Crippen molar-refractivity contribution in [1.29, 1.82) is 0 Å². The lowest BCUT2D eigenvalue weighted by Crippen LogP contribution is -2.41. The number of carbonyl (C=O) groups excluding carboxylic acids is 2. The van der Waals surface area contributed by atoms with Crippen LogP contribution in [0.25, 0.3) is 0 Å². The molecule has 2 aliphatic rings. The molecule has 1 N–H and O–H groups in total. The van der Waals surface area contributed by atoms with Gasteiger partial charge in [-0.2, -0.15) is 0 Å². The average Bonchev–Trinajstić information content (AvgIpc) is 3.31. The summed E-state index contributed by atoms with van der Waals surface area (Å²) in [5.74, 6) is -0.772. The largest absolute Gasteiger partial charge is 0.351 e. The molecule has 2 heterocycles. The Kier molecular flexibility index (Phi) is 4.87. The molecule has 2 amide bonds. The zero-order chi connectivity index (χ0) is 19.8. The zero-order valence-corrected chi connectivity index (χ0v) is 15.6. The first-order chi connectivity index (χ1) is 13.4. The number of hydrogen-bond donors (Lipinski definition) is 1. The smallest absolute Gasteiger partial charge is 0.227 e. The van der Waals surface area contributed by atoms with Gasteiger partial charge < -0.3 is 14.8 Å². The number of likely N-dealkylation sites (tertiary alicyclic amines) is 1. The maximum absolute atomic E-state index is 13.9. The molecule has 1 aliphatic carbocycles. The lowest BCUT2D eigenvalue weighted by molar-refractivity contribution is -0.130. The first-order valence-electron chi connectivity index (χ1n) is 9.41. The minimum absolute atomic E-state index is 0.00897. The Hall–Kier alpha value is -2.77. The highest BCUT2D eigenvalue weighted by Crippen LogP contribution is 2.32. The van der Waals surface area contributed by atoms with Gasteiger partial charge in [0.1, 0.15) is 17.5 Å². The van der Waals surface area contributed by atoms with Gasteiger partial charge in [-0.3, -0.25) is 9.59 Å². The number of aromatic nitrogens is 2. The summed E-state index contributed by atoms with van der Waals surface area (Å²) in [5.41, 5.74) is 0.0315. The Morgan fingerprint density at radius 1 is 1.25 bits per heavy atom. The van der Waals surface area contributed by atoms with Crippen molar-refractivity contribution < 1.29 is 18.4 Å². The van der Waals surface area contributed by atoms with Gasteiger partial charge in [-0.1, -0.05) is 0 Å². The average molecular weight is 388 g/mol. The van der Waals surface area contributed by atoms with Gasteiger partial charge in [0, 0.05) is 44.0 Å². The van der Waals surface area contributed by atoms with Crippen molar-refractivity contribution in [2.45, 2.75) is 31.2 Å². The second-order valence-electron chi connectivity index (χ2n) is 7.60. The number of rotatable bonds is 5. The van der Waals surface area contributed by atoms with E-state index in [2.05, 4.69) is 10.3 Å². The maximum Gasteiger partial charge on any atom is 0.227 e. The Morgan fingerprint density at radius 2 is 2.04 bits per heavy atom. The molecule has 0 spiro atoms. The van der Waals surface area contributed by atoms with Gasteiger partial charge in [0.25, 0.3) is 0 Å². The van der Waals surface area contributed by atoms with Crippen LogP contribution in [0.5, 0.6) is 0 Å². The van der Waals surface area contributed by atoms with Gasteiger partial charge in [-0.15, -0.1) is 0 Å². The second-order valence-corrected chi connectivity index (χ2v) is 7.60. The molecule has 1 aliphatic heterocycles.